The summed E-state index contributed by atoms with van der Waals surface area (Å²) in [5, 5.41) is 3.29. The summed E-state index contributed by atoms with van der Waals surface area (Å²) in [7, 11) is 0. The Bertz CT molecular complexity index is 323. The van der Waals surface area contributed by atoms with Crippen molar-refractivity contribution in [3.05, 3.63) is 35.4 Å². The first-order valence-corrected chi connectivity index (χ1v) is 5.23. The van der Waals surface area contributed by atoms with Gasteiger partial charge in [0.05, 0.1) is 0 Å². The van der Waals surface area contributed by atoms with Gasteiger partial charge >= 0.3 is 0 Å². The summed E-state index contributed by atoms with van der Waals surface area (Å²) in [5.74, 6) is -0.229. The van der Waals surface area contributed by atoms with Gasteiger partial charge in [0.1, 0.15) is 0 Å². The third-order valence-electron chi connectivity index (χ3n) is 2.35. The maximum atomic E-state index is 10.5. The maximum absolute atomic E-state index is 10.5. The highest BCUT2D eigenvalue weighted by Gasteiger charge is 1.97. The first-order chi connectivity index (χ1) is 7.20. The van der Waals surface area contributed by atoms with Crippen molar-refractivity contribution in [2.75, 3.05) is 6.54 Å². The van der Waals surface area contributed by atoms with Crippen LogP contribution >= 0.6 is 0 Å². The Labute approximate surface area is 90.7 Å². The molecule has 0 heterocycles. The van der Waals surface area contributed by atoms with Gasteiger partial charge in [0, 0.05) is 13.0 Å². The van der Waals surface area contributed by atoms with Crippen LogP contribution in [0.4, 0.5) is 0 Å². The van der Waals surface area contributed by atoms with Gasteiger partial charge in [-0.15, -0.1) is 0 Å². The number of carbonyl (C=O) groups excluding carboxylic acids is 1. The molecule has 15 heavy (non-hydrogen) atoms. The Morgan fingerprint density at radius 1 is 1.40 bits per heavy atom. The molecule has 82 valence electrons. The molecule has 1 aromatic rings. The molecule has 0 radical (unpaired) electrons. The van der Waals surface area contributed by atoms with Gasteiger partial charge in [-0.2, -0.15) is 0 Å². The fourth-order valence-corrected chi connectivity index (χ4v) is 1.42. The molecule has 1 rings (SSSR count). The van der Waals surface area contributed by atoms with E-state index in [1.54, 1.807) is 0 Å². The van der Waals surface area contributed by atoms with Crippen LogP contribution in [0, 0.1) is 6.92 Å². The van der Waals surface area contributed by atoms with Gasteiger partial charge < -0.3 is 11.1 Å². The zero-order valence-corrected chi connectivity index (χ0v) is 9.12. The molecule has 0 bridgehead atoms. The fourth-order valence-electron chi connectivity index (χ4n) is 1.42. The molecule has 0 saturated heterocycles. The van der Waals surface area contributed by atoms with Crippen LogP contribution < -0.4 is 11.1 Å². The second-order valence-electron chi connectivity index (χ2n) is 3.67. The zero-order chi connectivity index (χ0) is 11.1. The Hall–Kier alpha value is -1.35. The molecule has 0 aliphatic rings. The van der Waals surface area contributed by atoms with Crippen molar-refractivity contribution in [2.24, 2.45) is 5.73 Å². The van der Waals surface area contributed by atoms with Crippen LogP contribution in [-0.2, 0) is 11.3 Å². The molecule has 0 aromatic heterocycles. The lowest BCUT2D eigenvalue weighted by Crippen LogP contribution is -2.18. The van der Waals surface area contributed by atoms with Gasteiger partial charge in [-0.05, 0) is 31.0 Å². The second kappa shape index (κ2) is 6.19. The van der Waals surface area contributed by atoms with Crippen molar-refractivity contribution in [3.63, 3.8) is 0 Å². The van der Waals surface area contributed by atoms with Crippen molar-refractivity contribution >= 4 is 5.91 Å². The van der Waals surface area contributed by atoms with Crippen molar-refractivity contribution in [1.29, 1.82) is 0 Å². The number of rotatable bonds is 6. The van der Waals surface area contributed by atoms with Crippen molar-refractivity contribution in [1.82, 2.24) is 5.32 Å². The van der Waals surface area contributed by atoms with E-state index in [0.29, 0.717) is 6.42 Å². The van der Waals surface area contributed by atoms with Gasteiger partial charge in [-0.25, -0.2) is 0 Å². The molecule has 0 aliphatic heterocycles. The van der Waals surface area contributed by atoms with E-state index in [9.17, 15) is 4.79 Å². The fraction of sp³-hybridized carbons (Fsp3) is 0.417. The minimum absolute atomic E-state index is 0.229. The van der Waals surface area contributed by atoms with Crippen LogP contribution in [0.15, 0.2) is 24.3 Å². The number of hydrogen-bond acceptors (Lipinski definition) is 2. The summed E-state index contributed by atoms with van der Waals surface area (Å²) in [4.78, 5) is 10.5. The average Bonchev–Trinajstić information content (AvgIpc) is 2.20. The number of carbonyl (C=O) groups is 1. The van der Waals surface area contributed by atoms with Crippen LogP contribution in [-0.4, -0.2) is 12.5 Å². The topological polar surface area (TPSA) is 55.1 Å². The quantitative estimate of drug-likeness (QED) is 0.690. The summed E-state index contributed by atoms with van der Waals surface area (Å²) in [5.41, 5.74) is 7.64. The van der Waals surface area contributed by atoms with Gasteiger partial charge in [0.15, 0.2) is 0 Å². The number of nitrogens with one attached hydrogen (secondary N) is 1. The predicted octanol–water partition coefficient (Wildman–Crippen LogP) is 1.35. The molecular formula is C12H18N2O. The molecule has 0 unspecified atom stereocenters. The summed E-state index contributed by atoms with van der Waals surface area (Å²) in [6.45, 7) is 3.78. The van der Waals surface area contributed by atoms with Gasteiger partial charge in [-0.3, -0.25) is 4.79 Å². The predicted molar refractivity (Wildman–Crippen MR) is 61.3 cm³/mol. The highest BCUT2D eigenvalue weighted by molar-refractivity contribution is 5.73. The van der Waals surface area contributed by atoms with E-state index in [2.05, 4.69) is 24.4 Å². The molecule has 0 saturated carbocycles. The smallest absolute Gasteiger partial charge is 0.217 e. The highest BCUT2D eigenvalue weighted by atomic mass is 16.1. The molecule has 1 aromatic carbocycles. The van der Waals surface area contributed by atoms with E-state index in [4.69, 9.17) is 5.73 Å². The third-order valence-corrected chi connectivity index (χ3v) is 2.35. The van der Waals surface area contributed by atoms with Gasteiger partial charge in [0.2, 0.25) is 5.91 Å². The standard InChI is InChI=1S/C12H18N2O/c1-10-5-2-3-6-11(10)9-14-8-4-7-12(13)15/h2-3,5-6,14H,4,7-9H2,1H3,(H2,13,15). The van der Waals surface area contributed by atoms with E-state index in [-0.39, 0.29) is 5.91 Å². The lowest BCUT2D eigenvalue weighted by molar-refractivity contribution is -0.118. The molecule has 0 spiro atoms. The Morgan fingerprint density at radius 2 is 2.13 bits per heavy atom. The first kappa shape index (κ1) is 11.7. The molecule has 0 atom stereocenters. The lowest BCUT2D eigenvalue weighted by atomic mass is 10.1. The highest BCUT2D eigenvalue weighted by Crippen LogP contribution is 2.05. The van der Waals surface area contributed by atoms with Crippen LogP contribution in [0.25, 0.3) is 0 Å². The maximum Gasteiger partial charge on any atom is 0.217 e. The third kappa shape index (κ3) is 4.61. The molecule has 0 fully saturated rings. The van der Waals surface area contributed by atoms with Crippen molar-refractivity contribution < 1.29 is 4.79 Å². The Balaban J connectivity index is 2.21. The molecule has 0 aliphatic carbocycles. The summed E-state index contributed by atoms with van der Waals surface area (Å²) >= 11 is 0. The number of amides is 1. The van der Waals surface area contributed by atoms with E-state index in [1.807, 2.05) is 12.1 Å². The molecule has 3 heteroatoms. The van der Waals surface area contributed by atoms with Crippen LogP contribution in [0.1, 0.15) is 24.0 Å². The number of hydrogen-bond donors (Lipinski definition) is 2. The van der Waals surface area contributed by atoms with Crippen LogP contribution in [0.2, 0.25) is 0 Å². The van der Waals surface area contributed by atoms with E-state index in [1.165, 1.54) is 11.1 Å². The summed E-state index contributed by atoms with van der Waals surface area (Å²) in [6.07, 6.45) is 1.27. The first-order valence-electron chi connectivity index (χ1n) is 5.23. The molecule has 3 N–H and O–H groups in total. The van der Waals surface area contributed by atoms with E-state index < -0.39 is 0 Å². The number of benzene rings is 1. The normalized spacial score (nSPS) is 10.2. The summed E-state index contributed by atoms with van der Waals surface area (Å²) < 4.78 is 0. The largest absolute Gasteiger partial charge is 0.370 e. The number of nitrogens with two attached hydrogens (primary N) is 1. The summed E-state index contributed by atoms with van der Waals surface area (Å²) in [6, 6.07) is 8.27. The van der Waals surface area contributed by atoms with E-state index in [0.717, 1.165) is 19.5 Å². The molecule has 3 nitrogen and oxygen atoms in total. The van der Waals surface area contributed by atoms with Crippen molar-refractivity contribution in [2.45, 2.75) is 26.3 Å². The van der Waals surface area contributed by atoms with E-state index >= 15 is 0 Å². The van der Waals surface area contributed by atoms with Gasteiger partial charge in [-0.1, -0.05) is 24.3 Å². The van der Waals surface area contributed by atoms with Crippen LogP contribution in [0.3, 0.4) is 0 Å². The lowest BCUT2D eigenvalue weighted by Gasteiger charge is -2.06. The van der Waals surface area contributed by atoms with Crippen molar-refractivity contribution in [3.8, 4) is 0 Å². The Kier molecular flexibility index (Phi) is 4.84. The second-order valence-corrected chi connectivity index (χ2v) is 3.67. The minimum atomic E-state index is -0.229. The van der Waals surface area contributed by atoms with Gasteiger partial charge in [0.25, 0.3) is 0 Å². The SMILES string of the molecule is Cc1ccccc1CNCCCC(N)=O. The zero-order valence-electron chi connectivity index (χ0n) is 9.12. The average molecular weight is 206 g/mol. The van der Waals surface area contributed by atoms with Crippen LogP contribution in [0.5, 0.6) is 0 Å². The minimum Gasteiger partial charge on any atom is -0.370 e. The number of aryl methyl sites for hydroxylation is 1. The monoisotopic (exact) mass is 206 g/mol. The number of primary amides is 1. The Morgan fingerprint density at radius 3 is 2.80 bits per heavy atom. The molecular weight excluding hydrogens is 188 g/mol. The molecule has 1 amide bonds.